The number of rotatable bonds is 8. The van der Waals surface area contributed by atoms with Crippen molar-refractivity contribution in [3.05, 3.63) is 45.9 Å². The number of halogens is 3. The van der Waals surface area contributed by atoms with Crippen molar-refractivity contribution in [3.63, 3.8) is 0 Å². The Hall–Kier alpha value is -3.06. The molecule has 0 aliphatic rings. The monoisotopic (exact) mass is 457 g/mol. The standard InChI is InChI=1S/C17H14F3N5O3S2/c1-2-27-13(26)7-11-9-29-15(22-11)24-21-8-10-4-3-5-12(6-10)28-16-25-23-14(30-16)17(18,19)20/h3-6,8-9H,2,7H2,1H3,(H,22,24). The van der Waals surface area contributed by atoms with Crippen LogP contribution in [0.1, 0.15) is 23.2 Å². The van der Waals surface area contributed by atoms with Crippen LogP contribution in [0, 0.1) is 0 Å². The first kappa shape index (κ1) is 21.6. The zero-order chi connectivity index (χ0) is 21.6. The highest BCUT2D eigenvalue weighted by Gasteiger charge is 2.36. The number of hydrazone groups is 1. The summed E-state index contributed by atoms with van der Waals surface area (Å²) in [5, 5.41) is 11.4. The summed E-state index contributed by atoms with van der Waals surface area (Å²) >= 11 is 1.59. The second kappa shape index (κ2) is 9.63. The summed E-state index contributed by atoms with van der Waals surface area (Å²) in [7, 11) is 0. The van der Waals surface area contributed by atoms with E-state index in [2.05, 4.69) is 25.7 Å². The van der Waals surface area contributed by atoms with Crippen LogP contribution in [0.5, 0.6) is 10.9 Å². The second-order valence-electron chi connectivity index (χ2n) is 5.54. The zero-order valence-electron chi connectivity index (χ0n) is 15.3. The topological polar surface area (TPSA) is 98.6 Å². The lowest BCUT2D eigenvalue weighted by Crippen LogP contribution is -2.07. The summed E-state index contributed by atoms with van der Waals surface area (Å²) in [4.78, 5) is 15.7. The van der Waals surface area contributed by atoms with E-state index >= 15 is 0 Å². The number of alkyl halides is 3. The van der Waals surface area contributed by atoms with E-state index in [1.807, 2.05) is 0 Å². The van der Waals surface area contributed by atoms with Crippen molar-refractivity contribution in [3.8, 4) is 10.9 Å². The minimum absolute atomic E-state index is 0.0801. The molecule has 0 spiro atoms. The SMILES string of the molecule is CCOC(=O)Cc1csc(NN=Cc2cccc(Oc3nnc(C(F)(F)F)s3)c2)n1. The number of carbonyl (C=O) groups is 1. The highest BCUT2D eigenvalue weighted by molar-refractivity contribution is 7.13. The lowest BCUT2D eigenvalue weighted by molar-refractivity contribution is -0.142. The molecular weight excluding hydrogens is 443 g/mol. The average Bonchev–Trinajstić information content (AvgIpc) is 3.32. The molecule has 3 rings (SSSR count). The molecule has 0 amide bonds. The van der Waals surface area contributed by atoms with Crippen molar-refractivity contribution in [1.82, 2.24) is 15.2 Å². The van der Waals surface area contributed by atoms with Gasteiger partial charge in [-0.1, -0.05) is 28.6 Å². The molecule has 0 saturated heterocycles. The highest BCUT2D eigenvalue weighted by atomic mass is 32.1. The molecule has 0 unspecified atom stereocenters. The van der Waals surface area contributed by atoms with Gasteiger partial charge in [0, 0.05) is 5.38 Å². The fourth-order valence-electron chi connectivity index (χ4n) is 2.09. The Morgan fingerprint density at radius 1 is 1.33 bits per heavy atom. The zero-order valence-corrected chi connectivity index (χ0v) is 17.0. The Balaban J connectivity index is 1.57. The number of ether oxygens (including phenoxy) is 2. The average molecular weight is 457 g/mol. The number of hydrogen-bond acceptors (Lipinski definition) is 10. The van der Waals surface area contributed by atoms with Crippen LogP contribution >= 0.6 is 22.7 Å². The van der Waals surface area contributed by atoms with Crippen LogP contribution in [-0.4, -0.2) is 34.0 Å². The minimum Gasteiger partial charge on any atom is -0.466 e. The number of anilines is 1. The largest absolute Gasteiger partial charge is 0.466 e. The van der Waals surface area contributed by atoms with Crippen LogP contribution in [0.3, 0.4) is 0 Å². The molecule has 1 N–H and O–H groups in total. The van der Waals surface area contributed by atoms with E-state index in [-0.39, 0.29) is 23.3 Å². The predicted molar refractivity (Wildman–Crippen MR) is 105 cm³/mol. The van der Waals surface area contributed by atoms with Crippen molar-refractivity contribution >= 4 is 40.0 Å². The highest BCUT2D eigenvalue weighted by Crippen LogP contribution is 2.35. The number of nitrogens with zero attached hydrogens (tertiary/aromatic N) is 4. The molecule has 0 saturated carbocycles. The lowest BCUT2D eigenvalue weighted by atomic mass is 10.2. The fourth-order valence-corrected chi connectivity index (χ4v) is 3.33. The Kier molecular flexibility index (Phi) is 6.95. The second-order valence-corrected chi connectivity index (χ2v) is 7.34. The van der Waals surface area contributed by atoms with Crippen LogP contribution < -0.4 is 10.2 Å². The molecule has 30 heavy (non-hydrogen) atoms. The van der Waals surface area contributed by atoms with Crippen molar-refractivity contribution < 1.29 is 27.4 Å². The van der Waals surface area contributed by atoms with E-state index in [4.69, 9.17) is 9.47 Å². The number of hydrogen-bond donors (Lipinski definition) is 1. The maximum atomic E-state index is 12.6. The summed E-state index contributed by atoms with van der Waals surface area (Å²) in [6.45, 7) is 2.04. The Labute approximate surface area is 176 Å². The maximum Gasteiger partial charge on any atom is 0.445 e. The van der Waals surface area contributed by atoms with Crippen LogP contribution in [-0.2, 0) is 22.1 Å². The third kappa shape index (κ3) is 6.22. The number of carbonyl (C=O) groups excluding carboxylic acids is 1. The molecule has 0 aliphatic heterocycles. The molecule has 0 aliphatic carbocycles. The van der Waals surface area contributed by atoms with Gasteiger partial charge >= 0.3 is 12.1 Å². The Bertz CT molecular complexity index is 1040. The Morgan fingerprint density at radius 3 is 2.90 bits per heavy atom. The third-order valence-corrected chi connectivity index (χ3v) is 4.91. The third-order valence-electron chi connectivity index (χ3n) is 3.27. The summed E-state index contributed by atoms with van der Waals surface area (Å²) in [5.74, 6) is -0.0674. The molecule has 0 atom stereocenters. The first-order valence-corrected chi connectivity index (χ1v) is 10.1. The van der Waals surface area contributed by atoms with Gasteiger partial charge in [-0.2, -0.15) is 18.3 Å². The number of nitrogens with one attached hydrogen (secondary N) is 1. The summed E-state index contributed by atoms with van der Waals surface area (Å²) < 4.78 is 47.9. The summed E-state index contributed by atoms with van der Waals surface area (Å²) in [6, 6.07) is 6.53. The fraction of sp³-hybridized carbons (Fsp3) is 0.235. The van der Waals surface area contributed by atoms with Gasteiger partial charge in [0.1, 0.15) is 5.75 Å². The predicted octanol–water partition coefficient (Wildman–Crippen LogP) is 4.36. The van der Waals surface area contributed by atoms with E-state index in [0.717, 1.165) is 0 Å². The molecule has 0 fully saturated rings. The molecule has 158 valence electrons. The van der Waals surface area contributed by atoms with E-state index in [1.165, 1.54) is 17.6 Å². The van der Waals surface area contributed by atoms with E-state index in [1.54, 1.807) is 36.6 Å². The van der Waals surface area contributed by atoms with Gasteiger partial charge in [0.25, 0.3) is 5.19 Å². The molecule has 2 aromatic heterocycles. The molecule has 13 heteroatoms. The molecule has 1 aromatic carbocycles. The normalized spacial score (nSPS) is 11.6. The van der Waals surface area contributed by atoms with Crippen LogP contribution in [0.25, 0.3) is 0 Å². The summed E-state index contributed by atoms with van der Waals surface area (Å²) in [5.41, 5.74) is 3.95. The van der Waals surface area contributed by atoms with Crippen molar-refractivity contribution in [2.24, 2.45) is 5.10 Å². The van der Waals surface area contributed by atoms with Crippen molar-refractivity contribution in [2.75, 3.05) is 12.0 Å². The van der Waals surface area contributed by atoms with Crippen molar-refractivity contribution in [2.45, 2.75) is 19.5 Å². The van der Waals surface area contributed by atoms with Gasteiger partial charge in [0.05, 0.1) is 24.9 Å². The van der Waals surface area contributed by atoms with Crippen LogP contribution in [0.4, 0.5) is 18.3 Å². The minimum atomic E-state index is -4.56. The molecule has 8 nitrogen and oxygen atoms in total. The van der Waals surface area contributed by atoms with Gasteiger partial charge in [-0.05, 0) is 24.6 Å². The van der Waals surface area contributed by atoms with Crippen LogP contribution in [0.15, 0.2) is 34.7 Å². The maximum absolute atomic E-state index is 12.6. The summed E-state index contributed by atoms with van der Waals surface area (Å²) in [6.07, 6.45) is -3.00. The Morgan fingerprint density at radius 2 is 2.17 bits per heavy atom. The molecule has 0 radical (unpaired) electrons. The van der Waals surface area contributed by atoms with Gasteiger partial charge in [0.15, 0.2) is 0 Å². The van der Waals surface area contributed by atoms with E-state index in [0.29, 0.717) is 34.3 Å². The van der Waals surface area contributed by atoms with Crippen LogP contribution in [0.2, 0.25) is 0 Å². The number of esters is 1. The first-order chi connectivity index (χ1) is 14.3. The number of benzene rings is 1. The van der Waals surface area contributed by atoms with Gasteiger partial charge in [0.2, 0.25) is 10.1 Å². The van der Waals surface area contributed by atoms with E-state index in [9.17, 15) is 18.0 Å². The number of aromatic nitrogens is 3. The van der Waals surface area contributed by atoms with Gasteiger partial charge in [-0.25, -0.2) is 4.98 Å². The van der Waals surface area contributed by atoms with Gasteiger partial charge in [-0.3, -0.25) is 10.2 Å². The first-order valence-electron chi connectivity index (χ1n) is 8.41. The lowest BCUT2D eigenvalue weighted by Gasteiger charge is -2.02. The molecule has 2 heterocycles. The van der Waals surface area contributed by atoms with Gasteiger partial charge < -0.3 is 9.47 Å². The number of thiazole rings is 1. The quantitative estimate of drug-likeness (QED) is 0.305. The molecule has 0 bridgehead atoms. The smallest absolute Gasteiger partial charge is 0.445 e. The molecular formula is C17H14F3N5O3S2. The molecule has 3 aromatic rings. The van der Waals surface area contributed by atoms with Crippen molar-refractivity contribution in [1.29, 1.82) is 0 Å². The van der Waals surface area contributed by atoms with E-state index < -0.39 is 11.2 Å². The van der Waals surface area contributed by atoms with Gasteiger partial charge in [-0.15, -0.1) is 16.4 Å².